The lowest BCUT2D eigenvalue weighted by Gasteiger charge is -2.34. The van der Waals surface area contributed by atoms with Crippen molar-refractivity contribution < 1.29 is 0 Å². The van der Waals surface area contributed by atoms with E-state index in [1.54, 1.807) is 0 Å². The molecule has 0 unspecified atom stereocenters. The molecule has 7 heteroatoms. The molecule has 2 aliphatic heterocycles. The maximum atomic E-state index is 4.54. The van der Waals surface area contributed by atoms with Gasteiger partial charge in [0.2, 0.25) is 0 Å². The predicted octanol–water partition coefficient (Wildman–Crippen LogP) is 1.28. The van der Waals surface area contributed by atoms with Gasteiger partial charge in [0.05, 0.1) is 0 Å². The van der Waals surface area contributed by atoms with Crippen LogP contribution in [0.3, 0.4) is 0 Å². The summed E-state index contributed by atoms with van der Waals surface area (Å²) in [6.45, 7) is 10.5. The number of aromatic nitrogens is 1. The van der Waals surface area contributed by atoms with Crippen molar-refractivity contribution in [3.8, 4) is 0 Å². The normalized spacial score (nSPS) is 18.7. The molecule has 1 fully saturated rings. The first-order valence-corrected chi connectivity index (χ1v) is 8.29. The average Bonchev–Trinajstić information content (AvgIpc) is 2.61. The van der Waals surface area contributed by atoms with Gasteiger partial charge in [0.15, 0.2) is 5.96 Å². The van der Waals surface area contributed by atoms with Gasteiger partial charge in [-0.15, -0.1) is 24.0 Å². The van der Waals surface area contributed by atoms with Gasteiger partial charge >= 0.3 is 0 Å². The van der Waals surface area contributed by atoms with Gasteiger partial charge < -0.3 is 20.4 Å². The highest BCUT2D eigenvalue weighted by Gasteiger charge is 2.16. The molecule has 6 nitrogen and oxygen atoms in total. The van der Waals surface area contributed by atoms with Crippen LogP contribution >= 0.6 is 24.0 Å². The van der Waals surface area contributed by atoms with Crippen molar-refractivity contribution >= 4 is 35.8 Å². The van der Waals surface area contributed by atoms with Crippen LogP contribution in [0.25, 0.3) is 0 Å². The van der Waals surface area contributed by atoms with E-state index in [0.29, 0.717) is 0 Å². The lowest BCUT2D eigenvalue weighted by atomic mass is 10.2. The molecule has 0 aromatic carbocycles. The molecule has 0 bridgehead atoms. The van der Waals surface area contributed by atoms with Crippen molar-refractivity contribution in [2.45, 2.75) is 19.9 Å². The largest absolute Gasteiger partial charge is 0.356 e. The minimum atomic E-state index is 0. The summed E-state index contributed by atoms with van der Waals surface area (Å²) in [6.07, 6.45) is 3.03. The Balaban J connectivity index is 0.00000192. The number of piperazine rings is 1. The molecule has 0 saturated carbocycles. The molecular formula is C16H27IN6. The molecule has 128 valence electrons. The lowest BCUT2D eigenvalue weighted by molar-refractivity contribution is 0.270. The van der Waals surface area contributed by atoms with Crippen LogP contribution in [-0.2, 0) is 6.54 Å². The minimum Gasteiger partial charge on any atom is -0.356 e. The summed E-state index contributed by atoms with van der Waals surface area (Å²) in [5.74, 6) is 2.01. The molecule has 0 radical (unpaired) electrons. The van der Waals surface area contributed by atoms with Crippen molar-refractivity contribution in [3.05, 3.63) is 23.9 Å². The zero-order chi connectivity index (χ0) is 15.2. The lowest BCUT2D eigenvalue weighted by Crippen LogP contribution is -2.46. The smallest absolute Gasteiger partial charge is 0.191 e. The van der Waals surface area contributed by atoms with E-state index in [0.717, 1.165) is 70.6 Å². The maximum Gasteiger partial charge on any atom is 0.191 e. The number of rotatable bonds is 4. The predicted molar refractivity (Wildman–Crippen MR) is 106 cm³/mol. The van der Waals surface area contributed by atoms with E-state index in [2.05, 4.69) is 49.5 Å². The summed E-state index contributed by atoms with van der Waals surface area (Å²) >= 11 is 0. The SMILES string of the molecule is CCN1CCN(c2cc(CNC3=NCCCN3)ccn2)CC1.I. The van der Waals surface area contributed by atoms with E-state index in [9.17, 15) is 0 Å². The summed E-state index contributed by atoms with van der Waals surface area (Å²) in [5, 5.41) is 6.65. The van der Waals surface area contributed by atoms with Crippen LogP contribution in [0, 0.1) is 0 Å². The molecule has 1 aromatic heterocycles. The number of nitrogens with one attached hydrogen (secondary N) is 2. The van der Waals surface area contributed by atoms with E-state index in [4.69, 9.17) is 0 Å². The summed E-state index contributed by atoms with van der Waals surface area (Å²) in [6, 6.07) is 4.26. The van der Waals surface area contributed by atoms with Gasteiger partial charge in [-0.3, -0.25) is 4.99 Å². The standard InChI is InChI=1S/C16H26N6.HI/c1-2-21-8-10-22(11-9-21)15-12-14(4-7-17-15)13-20-16-18-5-3-6-19-16;/h4,7,12H,2-3,5-6,8-11,13H2,1H3,(H2,18,19,20);1H. The van der Waals surface area contributed by atoms with Crippen LogP contribution in [0.1, 0.15) is 18.9 Å². The molecule has 2 N–H and O–H groups in total. The minimum absolute atomic E-state index is 0. The topological polar surface area (TPSA) is 55.8 Å². The van der Waals surface area contributed by atoms with Crippen LogP contribution in [0.4, 0.5) is 5.82 Å². The van der Waals surface area contributed by atoms with Gasteiger partial charge in [-0.05, 0) is 30.7 Å². The van der Waals surface area contributed by atoms with E-state index < -0.39 is 0 Å². The first-order chi connectivity index (χ1) is 10.8. The molecule has 0 amide bonds. The zero-order valence-electron chi connectivity index (χ0n) is 13.8. The first-order valence-electron chi connectivity index (χ1n) is 8.29. The van der Waals surface area contributed by atoms with E-state index in [1.807, 2.05) is 6.20 Å². The number of nitrogens with zero attached hydrogens (tertiary/aromatic N) is 4. The Labute approximate surface area is 155 Å². The molecule has 0 spiro atoms. The van der Waals surface area contributed by atoms with Gasteiger partial charge in [0.25, 0.3) is 0 Å². The Morgan fingerprint density at radius 2 is 2.09 bits per heavy atom. The Morgan fingerprint density at radius 3 is 2.78 bits per heavy atom. The van der Waals surface area contributed by atoms with Gasteiger partial charge in [0.1, 0.15) is 5.82 Å². The molecule has 2 aliphatic rings. The van der Waals surface area contributed by atoms with Crippen molar-refractivity contribution in [2.75, 3.05) is 50.7 Å². The third kappa shape index (κ3) is 5.20. The summed E-state index contributed by atoms with van der Waals surface area (Å²) in [5.41, 5.74) is 1.25. The number of hydrogen-bond donors (Lipinski definition) is 2. The second-order valence-electron chi connectivity index (χ2n) is 5.81. The van der Waals surface area contributed by atoms with Gasteiger partial charge in [-0.2, -0.15) is 0 Å². The first kappa shape index (κ1) is 18.3. The van der Waals surface area contributed by atoms with Crippen molar-refractivity contribution in [1.29, 1.82) is 0 Å². The van der Waals surface area contributed by atoms with Crippen LogP contribution in [-0.4, -0.2) is 61.7 Å². The third-order valence-electron chi connectivity index (χ3n) is 4.31. The summed E-state index contributed by atoms with van der Waals surface area (Å²) in [4.78, 5) is 13.8. The fourth-order valence-corrected chi connectivity index (χ4v) is 2.87. The molecule has 1 saturated heterocycles. The van der Waals surface area contributed by atoms with Crippen LogP contribution in [0.15, 0.2) is 23.3 Å². The monoisotopic (exact) mass is 430 g/mol. The molecule has 0 atom stereocenters. The number of anilines is 1. The van der Waals surface area contributed by atoms with E-state index >= 15 is 0 Å². The quantitative estimate of drug-likeness (QED) is 0.706. The fraction of sp³-hybridized carbons (Fsp3) is 0.625. The fourth-order valence-electron chi connectivity index (χ4n) is 2.87. The summed E-state index contributed by atoms with van der Waals surface area (Å²) in [7, 11) is 0. The van der Waals surface area contributed by atoms with Crippen LogP contribution in [0.2, 0.25) is 0 Å². The number of hydrogen-bond acceptors (Lipinski definition) is 6. The van der Waals surface area contributed by atoms with Crippen LogP contribution in [0.5, 0.6) is 0 Å². The highest BCUT2D eigenvalue weighted by atomic mass is 127. The number of likely N-dealkylation sites (N-methyl/N-ethyl adjacent to an activating group) is 1. The molecule has 0 aliphatic carbocycles. The number of guanidine groups is 1. The highest BCUT2D eigenvalue weighted by Crippen LogP contribution is 2.15. The Morgan fingerprint density at radius 1 is 1.26 bits per heavy atom. The van der Waals surface area contributed by atoms with Gasteiger partial charge in [0, 0.05) is 52.0 Å². The maximum absolute atomic E-state index is 4.54. The van der Waals surface area contributed by atoms with Crippen LogP contribution < -0.4 is 15.5 Å². The van der Waals surface area contributed by atoms with Gasteiger partial charge in [-0.25, -0.2) is 4.98 Å². The third-order valence-corrected chi connectivity index (χ3v) is 4.31. The number of aliphatic imine (C=N–C) groups is 1. The highest BCUT2D eigenvalue weighted by molar-refractivity contribution is 14.0. The number of pyridine rings is 1. The molecular weight excluding hydrogens is 403 g/mol. The number of halogens is 1. The van der Waals surface area contributed by atoms with Gasteiger partial charge in [-0.1, -0.05) is 6.92 Å². The van der Waals surface area contributed by atoms with Crippen molar-refractivity contribution in [3.63, 3.8) is 0 Å². The Bertz CT molecular complexity index is 513. The molecule has 1 aromatic rings. The Hall–Kier alpha value is -1.09. The zero-order valence-corrected chi connectivity index (χ0v) is 16.1. The molecule has 23 heavy (non-hydrogen) atoms. The second kappa shape index (κ2) is 9.27. The second-order valence-corrected chi connectivity index (χ2v) is 5.81. The molecule has 3 rings (SSSR count). The summed E-state index contributed by atoms with van der Waals surface area (Å²) < 4.78 is 0. The van der Waals surface area contributed by atoms with E-state index in [-0.39, 0.29) is 24.0 Å². The van der Waals surface area contributed by atoms with E-state index in [1.165, 1.54) is 5.56 Å². The van der Waals surface area contributed by atoms with Crippen molar-refractivity contribution in [1.82, 2.24) is 20.5 Å². The average molecular weight is 430 g/mol. The van der Waals surface area contributed by atoms with Crippen molar-refractivity contribution in [2.24, 2.45) is 4.99 Å². The Kier molecular flexibility index (Phi) is 7.35. The molecule has 3 heterocycles.